The molecule has 4 rings (SSSR count). The predicted molar refractivity (Wildman–Crippen MR) is 117 cm³/mol. The van der Waals surface area contributed by atoms with Gasteiger partial charge in [0.15, 0.2) is 0 Å². The van der Waals surface area contributed by atoms with Crippen molar-refractivity contribution in [2.24, 2.45) is 0 Å². The van der Waals surface area contributed by atoms with Crippen LogP contribution >= 0.6 is 15.9 Å². The number of anilines is 1. The molecule has 0 saturated carbocycles. The van der Waals surface area contributed by atoms with E-state index in [9.17, 15) is 9.59 Å². The summed E-state index contributed by atoms with van der Waals surface area (Å²) in [6.45, 7) is 6.24. The number of nitrogens with one attached hydrogen (secondary N) is 1. The van der Waals surface area contributed by atoms with Crippen molar-refractivity contribution >= 4 is 38.4 Å². The van der Waals surface area contributed by atoms with Crippen LogP contribution in [0, 0.1) is 0 Å². The molecule has 1 atom stereocenters. The van der Waals surface area contributed by atoms with Gasteiger partial charge in [0.05, 0.1) is 5.52 Å². The molecule has 1 N–H and O–H groups in total. The van der Waals surface area contributed by atoms with E-state index in [-0.39, 0.29) is 22.9 Å². The van der Waals surface area contributed by atoms with Crippen LogP contribution in [0.2, 0.25) is 0 Å². The SMILES string of the molecule is CCc1cccc(CC)c1NC(=O)c1cn2c3c(cc(Br)cc3c1=O)C[C@@H]2C. The summed E-state index contributed by atoms with van der Waals surface area (Å²) in [6, 6.07) is 10.2. The molecule has 2 aromatic carbocycles. The zero-order valence-corrected chi connectivity index (χ0v) is 17.9. The molecule has 1 amide bonds. The van der Waals surface area contributed by atoms with Crippen LogP contribution in [-0.4, -0.2) is 10.5 Å². The number of amides is 1. The summed E-state index contributed by atoms with van der Waals surface area (Å²) in [5.74, 6) is -0.341. The Morgan fingerprint density at radius 1 is 1.21 bits per heavy atom. The Kier molecular flexibility index (Phi) is 4.88. The zero-order chi connectivity index (χ0) is 20.0. The molecule has 0 bridgehead atoms. The Morgan fingerprint density at radius 3 is 2.54 bits per heavy atom. The minimum atomic E-state index is -0.341. The molecule has 144 valence electrons. The highest BCUT2D eigenvalue weighted by Gasteiger charge is 2.25. The molecule has 1 aliphatic rings. The molecule has 2 heterocycles. The first-order chi connectivity index (χ1) is 13.4. The third kappa shape index (κ3) is 2.98. The minimum Gasteiger partial charge on any atom is -0.343 e. The molecule has 5 heteroatoms. The summed E-state index contributed by atoms with van der Waals surface area (Å²) in [5.41, 5.74) is 5.06. The van der Waals surface area contributed by atoms with E-state index in [2.05, 4.69) is 52.7 Å². The minimum absolute atomic E-state index is 0.193. The van der Waals surface area contributed by atoms with Crippen LogP contribution in [0.4, 0.5) is 5.69 Å². The van der Waals surface area contributed by atoms with Gasteiger partial charge in [0.25, 0.3) is 5.91 Å². The molecule has 4 nitrogen and oxygen atoms in total. The number of benzene rings is 2. The van der Waals surface area contributed by atoms with Gasteiger partial charge in [-0.15, -0.1) is 0 Å². The molecular formula is C23H23BrN2O2. The van der Waals surface area contributed by atoms with Crippen molar-refractivity contribution in [2.45, 2.75) is 46.1 Å². The molecule has 3 aromatic rings. The Balaban J connectivity index is 1.85. The number of carbonyl (C=O) groups is 1. The summed E-state index contributed by atoms with van der Waals surface area (Å²) in [6.07, 6.45) is 4.23. The summed E-state index contributed by atoms with van der Waals surface area (Å²) in [4.78, 5) is 26.3. The average Bonchev–Trinajstić information content (AvgIpc) is 2.99. The van der Waals surface area contributed by atoms with Crippen molar-refractivity contribution in [3.8, 4) is 0 Å². The molecule has 0 radical (unpaired) electrons. The second kappa shape index (κ2) is 7.21. The highest BCUT2D eigenvalue weighted by atomic mass is 79.9. The van der Waals surface area contributed by atoms with Gasteiger partial charge < -0.3 is 9.88 Å². The number of hydrogen-bond acceptors (Lipinski definition) is 2. The van der Waals surface area contributed by atoms with Gasteiger partial charge in [-0.05, 0) is 55.0 Å². The molecule has 0 aliphatic carbocycles. The molecule has 1 aromatic heterocycles. The number of halogens is 1. The number of pyridine rings is 1. The number of nitrogens with zero attached hydrogens (tertiary/aromatic N) is 1. The highest BCUT2D eigenvalue weighted by molar-refractivity contribution is 9.10. The topological polar surface area (TPSA) is 51.1 Å². The molecule has 0 unspecified atom stereocenters. The van der Waals surface area contributed by atoms with E-state index in [0.717, 1.165) is 51.6 Å². The van der Waals surface area contributed by atoms with Crippen molar-refractivity contribution in [3.05, 3.63) is 73.5 Å². The van der Waals surface area contributed by atoms with Gasteiger partial charge in [-0.25, -0.2) is 0 Å². The van der Waals surface area contributed by atoms with Gasteiger partial charge in [-0.1, -0.05) is 48.0 Å². The van der Waals surface area contributed by atoms with Crippen molar-refractivity contribution in [1.29, 1.82) is 0 Å². The smallest absolute Gasteiger partial charge is 0.261 e. The van der Waals surface area contributed by atoms with Crippen LogP contribution in [-0.2, 0) is 19.3 Å². The van der Waals surface area contributed by atoms with Crippen LogP contribution in [0.3, 0.4) is 0 Å². The average molecular weight is 439 g/mol. The third-order valence-electron chi connectivity index (χ3n) is 5.64. The first-order valence-electron chi connectivity index (χ1n) is 9.74. The van der Waals surface area contributed by atoms with Crippen LogP contribution in [0.5, 0.6) is 0 Å². The summed E-state index contributed by atoms with van der Waals surface area (Å²) in [7, 11) is 0. The van der Waals surface area contributed by atoms with E-state index in [1.807, 2.05) is 24.3 Å². The van der Waals surface area contributed by atoms with E-state index in [4.69, 9.17) is 0 Å². The largest absolute Gasteiger partial charge is 0.343 e. The highest BCUT2D eigenvalue weighted by Crippen LogP contribution is 2.33. The van der Waals surface area contributed by atoms with E-state index >= 15 is 0 Å². The number of carbonyl (C=O) groups excluding carboxylic acids is 1. The molecule has 0 saturated heterocycles. The lowest BCUT2D eigenvalue weighted by Gasteiger charge is -2.16. The Bertz CT molecular complexity index is 1140. The Labute approximate surface area is 172 Å². The maximum atomic E-state index is 13.2. The molecule has 0 fully saturated rings. The van der Waals surface area contributed by atoms with Gasteiger partial charge in [0.1, 0.15) is 5.56 Å². The first-order valence-corrected chi connectivity index (χ1v) is 10.5. The van der Waals surface area contributed by atoms with Gasteiger partial charge >= 0.3 is 0 Å². The lowest BCUT2D eigenvalue weighted by molar-refractivity contribution is 0.102. The van der Waals surface area contributed by atoms with Crippen molar-refractivity contribution in [3.63, 3.8) is 0 Å². The normalized spacial score (nSPS) is 15.2. The lowest BCUT2D eigenvalue weighted by Crippen LogP contribution is -2.24. The molecule has 1 aliphatic heterocycles. The monoisotopic (exact) mass is 438 g/mol. The standard InChI is InChI=1S/C23H23BrN2O2/c1-4-14-7-6-8-15(5-2)20(14)25-23(28)19-12-26-13(3)9-16-10-17(24)11-18(21(16)26)22(19)27/h6-8,10-13H,4-5,9H2,1-3H3,(H,25,28)/t13-/m0/s1. The third-order valence-corrected chi connectivity index (χ3v) is 6.10. The summed E-state index contributed by atoms with van der Waals surface area (Å²) < 4.78 is 2.94. The number of rotatable bonds is 4. The fourth-order valence-electron chi connectivity index (χ4n) is 4.21. The number of para-hydroxylation sites is 1. The van der Waals surface area contributed by atoms with Crippen molar-refractivity contribution < 1.29 is 4.79 Å². The predicted octanol–water partition coefficient (Wildman–Crippen LogP) is 5.26. The van der Waals surface area contributed by atoms with E-state index in [0.29, 0.717) is 5.39 Å². The maximum Gasteiger partial charge on any atom is 0.261 e. The van der Waals surface area contributed by atoms with Gasteiger partial charge in [0.2, 0.25) is 5.43 Å². The van der Waals surface area contributed by atoms with E-state index in [1.54, 1.807) is 6.20 Å². The Morgan fingerprint density at radius 2 is 1.89 bits per heavy atom. The van der Waals surface area contributed by atoms with Crippen LogP contribution in [0.25, 0.3) is 10.9 Å². The van der Waals surface area contributed by atoms with E-state index < -0.39 is 0 Å². The second-order valence-electron chi connectivity index (χ2n) is 7.41. The van der Waals surface area contributed by atoms with Gasteiger partial charge in [0, 0.05) is 27.8 Å². The quantitative estimate of drug-likeness (QED) is 0.603. The van der Waals surface area contributed by atoms with Gasteiger partial charge in [-0.3, -0.25) is 9.59 Å². The number of hydrogen-bond donors (Lipinski definition) is 1. The van der Waals surface area contributed by atoms with Gasteiger partial charge in [-0.2, -0.15) is 0 Å². The van der Waals surface area contributed by atoms with Crippen LogP contribution in [0.15, 0.2) is 45.8 Å². The fraction of sp³-hybridized carbons (Fsp3) is 0.304. The van der Waals surface area contributed by atoms with Crippen LogP contribution < -0.4 is 10.7 Å². The second-order valence-corrected chi connectivity index (χ2v) is 8.32. The van der Waals surface area contributed by atoms with Crippen LogP contribution in [0.1, 0.15) is 53.9 Å². The zero-order valence-electron chi connectivity index (χ0n) is 16.3. The summed E-state index contributed by atoms with van der Waals surface area (Å²) >= 11 is 3.51. The van der Waals surface area contributed by atoms with E-state index in [1.165, 1.54) is 0 Å². The maximum absolute atomic E-state index is 13.2. The Hall–Kier alpha value is -2.40. The molecule has 28 heavy (non-hydrogen) atoms. The fourth-order valence-corrected chi connectivity index (χ4v) is 4.71. The first kappa shape index (κ1) is 18.9. The lowest BCUT2D eigenvalue weighted by atomic mass is 10.0. The van der Waals surface area contributed by atoms with Crippen molar-refractivity contribution in [2.75, 3.05) is 5.32 Å². The number of aromatic nitrogens is 1. The summed E-state index contributed by atoms with van der Waals surface area (Å²) in [5, 5.41) is 3.63. The molecular weight excluding hydrogens is 416 g/mol. The number of aryl methyl sites for hydroxylation is 2. The molecule has 0 spiro atoms. The van der Waals surface area contributed by atoms with Crippen molar-refractivity contribution in [1.82, 2.24) is 4.57 Å².